The highest BCUT2D eigenvalue weighted by Gasteiger charge is 2.18. The van der Waals surface area contributed by atoms with E-state index < -0.39 is 6.04 Å². The van der Waals surface area contributed by atoms with E-state index in [0.717, 1.165) is 0 Å². The van der Waals surface area contributed by atoms with Crippen molar-refractivity contribution in [3.05, 3.63) is 17.7 Å². The smallest absolute Gasteiger partial charge is 0.131 e. The average molecular weight is 222 g/mol. The number of methoxy groups -OCH3 is 2. The normalized spacial score (nSPS) is 11.6. The molecule has 1 rings (SSSR count). The van der Waals surface area contributed by atoms with E-state index in [-0.39, 0.29) is 12.2 Å². The number of benzene rings is 1. The number of hydrogen-bond acceptors (Lipinski definition) is 5. The first-order valence-electron chi connectivity index (χ1n) is 4.71. The zero-order chi connectivity index (χ0) is 12.1. The minimum atomic E-state index is -0.578. The lowest BCUT2D eigenvalue weighted by Gasteiger charge is -2.16. The minimum absolute atomic E-state index is 0.0287. The number of nitrogens with two attached hydrogens (primary N) is 1. The number of phenolic OH excluding ortho intramolecular Hbond substituents is 1. The van der Waals surface area contributed by atoms with Gasteiger partial charge in [-0.15, -0.1) is 0 Å². The van der Waals surface area contributed by atoms with E-state index in [4.69, 9.17) is 20.5 Å². The molecule has 5 nitrogen and oxygen atoms in total. The molecule has 0 fully saturated rings. The molecular formula is C11H14N2O3. The van der Waals surface area contributed by atoms with Gasteiger partial charge in [-0.3, -0.25) is 0 Å². The number of rotatable bonds is 4. The second-order valence-electron chi connectivity index (χ2n) is 3.23. The molecule has 0 amide bonds. The van der Waals surface area contributed by atoms with Crippen LogP contribution < -0.4 is 15.2 Å². The molecule has 1 aromatic rings. The molecule has 0 radical (unpaired) electrons. The molecule has 0 aliphatic heterocycles. The Morgan fingerprint density at radius 3 is 2.62 bits per heavy atom. The van der Waals surface area contributed by atoms with Crippen molar-refractivity contribution >= 4 is 0 Å². The fourth-order valence-corrected chi connectivity index (χ4v) is 1.45. The fraction of sp³-hybridized carbons (Fsp3) is 0.364. The van der Waals surface area contributed by atoms with Gasteiger partial charge < -0.3 is 20.3 Å². The predicted octanol–water partition coefficient (Wildman–Crippen LogP) is 1.32. The van der Waals surface area contributed by atoms with Gasteiger partial charge in [0.15, 0.2) is 0 Å². The summed E-state index contributed by atoms with van der Waals surface area (Å²) in [7, 11) is 2.96. The van der Waals surface area contributed by atoms with Crippen LogP contribution in [0.1, 0.15) is 18.0 Å². The maximum absolute atomic E-state index is 9.78. The van der Waals surface area contributed by atoms with Gasteiger partial charge in [0.1, 0.15) is 17.2 Å². The highest BCUT2D eigenvalue weighted by Crippen LogP contribution is 2.37. The van der Waals surface area contributed by atoms with Gasteiger partial charge in [0, 0.05) is 12.1 Å². The van der Waals surface area contributed by atoms with Gasteiger partial charge in [-0.05, 0) is 0 Å². The van der Waals surface area contributed by atoms with Crippen molar-refractivity contribution in [1.82, 2.24) is 0 Å². The Hall–Kier alpha value is -1.93. The van der Waals surface area contributed by atoms with Gasteiger partial charge in [0.25, 0.3) is 0 Å². The van der Waals surface area contributed by atoms with E-state index in [1.165, 1.54) is 20.3 Å². The number of nitrogens with zero attached hydrogens (tertiary/aromatic N) is 1. The molecule has 0 saturated carbocycles. The Balaban J connectivity index is 3.22. The van der Waals surface area contributed by atoms with E-state index in [1.54, 1.807) is 6.07 Å². The van der Waals surface area contributed by atoms with E-state index in [9.17, 15) is 5.11 Å². The van der Waals surface area contributed by atoms with Crippen molar-refractivity contribution < 1.29 is 14.6 Å². The van der Waals surface area contributed by atoms with Crippen molar-refractivity contribution in [2.24, 2.45) is 5.73 Å². The molecule has 0 aromatic heterocycles. The summed E-state index contributed by atoms with van der Waals surface area (Å²) in [5.41, 5.74) is 6.19. The third-order valence-electron chi connectivity index (χ3n) is 2.23. The molecule has 1 atom stereocenters. The summed E-state index contributed by atoms with van der Waals surface area (Å²) in [6.45, 7) is 0. The second-order valence-corrected chi connectivity index (χ2v) is 3.23. The van der Waals surface area contributed by atoms with Crippen molar-refractivity contribution in [1.29, 1.82) is 5.26 Å². The number of aromatic hydroxyl groups is 1. The number of phenols is 1. The number of ether oxygens (including phenoxy) is 2. The van der Waals surface area contributed by atoms with Crippen LogP contribution in [0.15, 0.2) is 12.1 Å². The molecule has 1 aromatic carbocycles. The average Bonchev–Trinajstić information content (AvgIpc) is 2.27. The van der Waals surface area contributed by atoms with Crippen molar-refractivity contribution in [2.75, 3.05) is 14.2 Å². The van der Waals surface area contributed by atoms with Gasteiger partial charge in [-0.1, -0.05) is 0 Å². The molecule has 0 saturated heterocycles. The van der Waals surface area contributed by atoms with E-state index in [2.05, 4.69) is 0 Å². The molecule has 0 unspecified atom stereocenters. The van der Waals surface area contributed by atoms with Crippen LogP contribution in [0.2, 0.25) is 0 Å². The van der Waals surface area contributed by atoms with E-state index in [1.807, 2.05) is 6.07 Å². The summed E-state index contributed by atoms with van der Waals surface area (Å²) >= 11 is 0. The number of nitriles is 1. The zero-order valence-electron chi connectivity index (χ0n) is 9.23. The Morgan fingerprint density at radius 2 is 2.12 bits per heavy atom. The first kappa shape index (κ1) is 12.1. The minimum Gasteiger partial charge on any atom is -0.507 e. The first-order chi connectivity index (χ1) is 7.63. The summed E-state index contributed by atoms with van der Waals surface area (Å²) in [5, 5.41) is 18.4. The van der Waals surface area contributed by atoms with Crippen LogP contribution in [0.25, 0.3) is 0 Å². The molecule has 86 valence electrons. The van der Waals surface area contributed by atoms with E-state index in [0.29, 0.717) is 17.1 Å². The Kier molecular flexibility index (Phi) is 3.97. The maximum atomic E-state index is 9.78. The lowest BCUT2D eigenvalue weighted by atomic mass is 10.0. The second kappa shape index (κ2) is 5.24. The largest absolute Gasteiger partial charge is 0.507 e. The summed E-state index contributed by atoms with van der Waals surface area (Å²) in [4.78, 5) is 0. The zero-order valence-corrected chi connectivity index (χ0v) is 9.23. The molecule has 0 heterocycles. The Morgan fingerprint density at radius 1 is 1.44 bits per heavy atom. The van der Waals surface area contributed by atoms with Gasteiger partial charge in [-0.2, -0.15) is 5.26 Å². The van der Waals surface area contributed by atoms with Crippen LogP contribution in [0.3, 0.4) is 0 Å². The molecule has 0 aliphatic rings. The summed E-state index contributed by atoms with van der Waals surface area (Å²) in [6, 6.07) is 4.43. The van der Waals surface area contributed by atoms with Crippen molar-refractivity contribution in [3.63, 3.8) is 0 Å². The van der Waals surface area contributed by atoms with Gasteiger partial charge >= 0.3 is 0 Å². The lowest BCUT2D eigenvalue weighted by Crippen LogP contribution is -2.11. The summed E-state index contributed by atoms with van der Waals surface area (Å²) < 4.78 is 10.1. The number of hydrogen-bond donors (Lipinski definition) is 2. The molecule has 0 spiro atoms. The topological polar surface area (TPSA) is 88.5 Å². The Bertz CT molecular complexity index is 412. The Labute approximate surface area is 94.0 Å². The van der Waals surface area contributed by atoms with Crippen LogP contribution >= 0.6 is 0 Å². The monoisotopic (exact) mass is 222 g/mol. The molecule has 0 aliphatic carbocycles. The molecule has 5 heteroatoms. The maximum Gasteiger partial charge on any atom is 0.131 e. The van der Waals surface area contributed by atoms with Crippen molar-refractivity contribution in [3.8, 4) is 23.3 Å². The first-order valence-corrected chi connectivity index (χ1v) is 4.71. The van der Waals surface area contributed by atoms with Crippen LogP contribution in [0.4, 0.5) is 0 Å². The molecule has 0 bridgehead atoms. The molecular weight excluding hydrogens is 208 g/mol. The molecule has 3 N–H and O–H groups in total. The third kappa shape index (κ3) is 2.35. The fourth-order valence-electron chi connectivity index (χ4n) is 1.45. The molecule has 16 heavy (non-hydrogen) atoms. The van der Waals surface area contributed by atoms with Gasteiger partial charge in [0.05, 0.1) is 38.3 Å². The SMILES string of the molecule is COc1cc(O)c([C@H](N)CC#N)c(OC)c1. The summed E-state index contributed by atoms with van der Waals surface area (Å²) in [6.07, 6.45) is 0.107. The van der Waals surface area contributed by atoms with Gasteiger partial charge in [0.2, 0.25) is 0 Å². The van der Waals surface area contributed by atoms with E-state index >= 15 is 0 Å². The van der Waals surface area contributed by atoms with Crippen LogP contribution in [0.5, 0.6) is 17.2 Å². The van der Waals surface area contributed by atoms with Gasteiger partial charge in [-0.25, -0.2) is 0 Å². The summed E-state index contributed by atoms with van der Waals surface area (Å²) in [5.74, 6) is 0.862. The van der Waals surface area contributed by atoms with Crippen LogP contribution in [-0.2, 0) is 0 Å². The van der Waals surface area contributed by atoms with Crippen LogP contribution in [-0.4, -0.2) is 19.3 Å². The van der Waals surface area contributed by atoms with Crippen molar-refractivity contribution in [2.45, 2.75) is 12.5 Å². The quantitative estimate of drug-likeness (QED) is 0.802. The lowest BCUT2D eigenvalue weighted by molar-refractivity contribution is 0.375. The van der Waals surface area contributed by atoms with Crippen LogP contribution in [0, 0.1) is 11.3 Å². The highest BCUT2D eigenvalue weighted by atomic mass is 16.5. The highest BCUT2D eigenvalue weighted by molar-refractivity contribution is 5.51. The third-order valence-corrected chi connectivity index (χ3v) is 2.23. The standard InChI is InChI=1S/C11H14N2O3/c1-15-7-5-9(14)11(8(13)3-4-12)10(6-7)16-2/h5-6,8,14H,3,13H2,1-2H3/t8-/m1/s1. The predicted molar refractivity (Wildman–Crippen MR) is 58.4 cm³/mol.